The molecule has 0 saturated carbocycles. The topological polar surface area (TPSA) is 48.4 Å². The fourth-order valence-corrected chi connectivity index (χ4v) is 1.26. The van der Waals surface area contributed by atoms with Crippen LogP contribution in [0.25, 0.3) is 0 Å². The number of rotatable bonds is 3. The van der Waals surface area contributed by atoms with Crippen molar-refractivity contribution in [3.8, 4) is 5.88 Å². The number of hydrogen-bond donors (Lipinski definition) is 0. The summed E-state index contributed by atoms with van der Waals surface area (Å²) in [4.78, 5) is 15.3. The molecule has 0 aliphatic heterocycles. The molecule has 0 amide bonds. The first-order chi connectivity index (χ1) is 6.69. The smallest absolute Gasteiger partial charge is 0.358 e. The molecule has 5 heteroatoms. The fourth-order valence-electron chi connectivity index (χ4n) is 0.881. The fraction of sp³-hybridized carbons (Fsp3) is 0.333. The van der Waals surface area contributed by atoms with Gasteiger partial charge in [-0.25, -0.2) is 9.78 Å². The predicted octanol–water partition coefficient (Wildman–Crippen LogP) is 2.03. The minimum Gasteiger partial charge on any atom is -0.481 e. The summed E-state index contributed by atoms with van der Waals surface area (Å²) in [6, 6.07) is 3.35. The van der Waals surface area contributed by atoms with Crippen molar-refractivity contribution in [2.45, 2.75) is 6.92 Å². The number of carbonyl (C=O) groups excluding carboxylic acids is 1. The van der Waals surface area contributed by atoms with Crippen LogP contribution in [-0.2, 0) is 4.74 Å². The van der Waals surface area contributed by atoms with E-state index >= 15 is 0 Å². The Morgan fingerprint density at radius 1 is 1.57 bits per heavy atom. The zero-order chi connectivity index (χ0) is 10.6. The van der Waals surface area contributed by atoms with Gasteiger partial charge in [-0.1, -0.05) is 0 Å². The second-order valence-corrected chi connectivity index (χ2v) is 3.26. The maximum Gasteiger partial charge on any atom is 0.358 e. The van der Waals surface area contributed by atoms with E-state index in [1.807, 2.05) is 0 Å². The highest BCUT2D eigenvalue weighted by Crippen LogP contribution is 2.19. The molecule has 1 rings (SSSR count). The van der Waals surface area contributed by atoms with E-state index in [0.29, 0.717) is 17.0 Å². The summed E-state index contributed by atoms with van der Waals surface area (Å²) in [6.45, 7) is 2.07. The van der Waals surface area contributed by atoms with Crippen molar-refractivity contribution >= 4 is 21.9 Å². The Kier molecular flexibility index (Phi) is 3.88. The van der Waals surface area contributed by atoms with Crippen LogP contribution in [0.2, 0.25) is 0 Å². The van der Waals surface area contributed by atoms with E-state index in [4.69, 9.17) is 9.47 Å². The van der Waals surface area contributed by atoms with Gasteiger partial charge in [0.1, 0.15) is 0 Å². The molecule has 1 aromatic heterocycles. The number of methoxy groups -OCH3 is 1. The Labute approximate surface area is 90.4 Å². The molecule has 14 heavy (non-hydrogen) atoms. The zero-order valence-corrected chi connectivity index (χ0v) is 9.50. The minimum atomic E-state index is -0.460. The van der Waals surface area contributed by atoms with Gasteiger partial charge in [-0.2, -0.15) is 0 Å². The van der Waals surface area contributed by atoms with Crippen molar-refractivity contribution in [1.82, 2.24) is 4.98 Å². The van der Waals surface area contributed by atoms with Crippen molar-refractivity contribution in [3.63, 3.8) is 0 Å². The number of esters is 1. The molecule has 0 N–H and O–H groups in total. The number of aromatic nitrogens is 1. The molecular weight excluding hydrogens is 250 g/mol. The lowest BCUT2D eigenvalue weighted by Crippen LogP contribution is -2.08. The van der Waals surface area contributed by atoms with Gasteiger partial charge in [0.2, 0.25) is 5.88 Å². The number of nitrogens with zero attached hydrogens (tertiary/aromatic N) is 1. The van der Waals surface area contributed by atoms with E-state index < -0.39 is 5.97 Å². The summed E-state index contributed by atoms with van der Waals surface area (Å²) in [5, 5.41) is 0. The third-order valence-corrected chi connectivity index (χ3v) is 2.14. The standard InChI is InChI=1S/C9H10BrNO3/c1-3-14-9(12)8-6(10)4-5-7(11-8)13-2/h4-5H,3H2,1-2H3. The first-order valence-corrected chi connectivity index (χ1v) is 4.86. The van der Waals surface area contributed by atoms with Gasteiger partial charge in [0.15, 0.2) is 5.69 Å². The molecule has 76 valence electrons. The molecular formula is C9H10BrNO3. The molecule has 0 atom stereocenters. The van der Waals surface area contributed by atoms with Crippen molar-refractivity contribution in [3.05, 3.63) is 22.3 Å². The van der Waals surface area contributed by atoms with Gasteiger partial charge < -0.3 is 9.47 Å². The van der Waals surface area contributed by atoms with Crippen molar-refractivity contribution in [2.75, 3.05) is 13.7 Å². The maximum absolute atomic E-state index is 11.4. The normalized spacial score (nSPS) is 9.64. The lowest BCUT2D eigenvalue weighted by Gasteiger charge is -2.04. The second kappa shape index (κ2) is 4.95. The van der Waals surface area contributed by atoms with Crippen molar-refractivity contribution in [1.29, 1.82) is 0 Å². The highest BCUT2D eigenvalue weighted by atomic mass is 79.9. The summed E-state index contributed by atoms with van der Waals surface area (Å²) >= 11 is 3.21. The average Bonchev–Trinajstić information content (AvgIpc) is 2.19. The molecule has 0 saturated heterocycles. The van der Waals surface area contributed by atoms with E-state index in [-0.39, 0.29) is 5.69 Å². The first kappa shape index (κ1) is 11.0. The van der Waals surface area contributed by atoms with Crippen LogP contribution in [0.5, 0.6) is 5.88 Å². The minimum absolute atomic E-state index is 0.228. The number of halogens is 1. The van der Waals surface area contributed by atoms with Crippen LogP contribution >= 0.6 is 15.9 Å². The third kappa shape index (κ3) is 2.45. The molecule has 0 aliphatic carbocycles. The van der Waals surface area contributed by atoms with Crippen molar-refractivity contribution in [2.24, 2.45) is 0 Å². The first-order valence-electron chi connectivity index (χ1n) is 4.06. The average molecular weight is 260 g/mol. The van der Waals surface area contributed by atoms with E-state index in [1.165, 1.54) is 7.11 Å². The van der Waals surface area contributed by atoms with E-state index in [1.54, 1.807) is 19.1 Å². The Morgan fingerprint density at radius 2 is 2.29 bits per heavy atom. The predicted molar refractivity (Wildman–Crippen MR) is 54.4 cm³/mol. The number of hydrogen-bond acceptors (Lipinski definition) is 4. The molecule has 0 bridgehead atoms. The number of pyridine rings is 1. The van der Waals surface area contributed by atoms with Gasteiger partial charge in [-0.05, 0) is 28.9 Å². The zero-order valence-electron chi connectivity index (χ0n) is 7.91. The molecule has 0 aromatic carbocycles. The van der Waals surface area contributed by atoms with Crippen LogP contribution in [0, 0.1) is 0 Å². The van der Waals surface area contributed by atoms with Crippen LogP contribution in [0.3, 0.4) is 0 Å². The van der Waals surface area contributed by atoms with Gasteiger partial charge in [-0.3, -0.25) is 0 Å². The largest absolute Gasteiger partial charge is 0.481 e. The van der Waals surface area contributed by atoms with E-state index in [0.717, 1.165) is 0 Å². The van der Waals surface area contributed by atoms with Crippen LogP contribution in [0.15, 0.2) is 16.6 Å². The van der Waals surface area contributed by atoms with Gasteiger partial charge in [0.05, 0.1) is 18.2 Å². The van der Waals surface area contributed by atoms with E-state index in [2.05, 4.69) is 20.9 Å². The molecule has 0 unspecified atom stereocenters. The Morgan fingerprint density at radius 3 is 2.86 bits per heavy atom. The van der Waals surface area contributed by atoms with Gasteiger partial charge in [0, 0.05) is 6.07 Å². The third-order valence-electron chi connectivity index (χ3n) is 1.50. The van der Waals surface area contributed by atoms with Crippen LogP contribution in [0.1, 0.15) is 17.4 Å². The van der Waals surface area contributed by atoms with Crippen molar-refractivity contribution < 1.29 is 14.3 Å². The molecule has 0 spiro atoms. The van der Waals surface area contributed by atoms with Gasteiger partial charge >= 0.3 is 5.97 Å². The summed E-state index contributed by atoms with van der Waals surface area (Å²) in [7, 11) is 1.49. The Balaban J connectivity index is 2.99. The summed E-state index contributed by atoms with van der Waals surface area (Å²) < 4.78 is 10.3. The summed E-state index contributed by atoms with van der Waals surface area (Å²) in [5.74, 6) is -0.0745. The lowest BCUT2D eigenvalue weighted by molar-refractivity contribution is 0.0517. The molecule has 0 aliphatic rings. The molecule has 0 radical (unpaired) electrons. The Hall–Kier alpha value is -1.10. The summed E-state index contributed by atoms with van der Waals surface area (Å²) in [6.07, 6.45) is 0. The Bertz CT molecular complexity index is 341. The van der Waals surface area contributed by atoms with Crippen LogP contribution in [-0.4, -0.2) is 24.7 Å². The summed E-state index contributed by atoms with van der Waals surface area (Å²) in [5.41, 5.74) is 0.228. The molecule has 1 aromatic rings. The lowest BCUT2D eigenvalue weighted by atomic mass is 10.3. The quantitative estimate of drug-likeness (QED) is 0.780. The van der Waals surface area contributed by atoms with Crippen LogP contribution in [0.4, 0.5) is 0 Å². The SMILES string of the molecule is CCOC(=O)c1nc(OC)ccc1Br. The molecule has 0 fully saturated rings. The highest BCUT2D eigenvalue weighted by Gasteiger charge is 2.13. The van der Waals surface area contributed by atoms with Crippen LogP contribution < -0.4 is 4.74 Å². The van der Waals surface area contributed by atoms with Gasteiger partial charge in [-0.15, -0.1) is 0 Å². The second-order valence-electron chi connectivity index (χ2n) is 2.40. The number of ether oxygens (including phenoxy) is 2. The maximum atomic E-state index is 11.4. The molecule has 4 nitrogen and oxygen atoms in total. The van der Waals surface area contributed by atoms with Gasteiger partial charge in [0.25, 0.3) is 0 Å². The monoisotopic (exact) mass is 259 g/mol. The highest BCUT2D eigenvalue weighted by molar-refractivity contribution is 9.10. The number of carbonyl (C=O) groups is 1. The van der Waals surface area contributed by atoms with E-state index in [9.17, 15) is 4.79 Å². The molecule has 1 heterocycles.